The van der Waals surface area contributed by atoms with Crippen LogP contribution in [0, 0.1) is 19.8 Å². The number of carbonyl (C=O) groups excluding carboxylic acids is 2. The summed E-state index contributed by atoms with van der Waals surface area (Å²) in [5.41, 5.74) is 8.75. The average molecular weight is 687 g/mol. The first kappa shape index (κ1) is 34.4. The van der Waals surface area contributed by atoms with E-state index >= 15 is 0 Å². The number of benzene rings is 3. The Balaban J connectivity index is 1.27. The lowest BCUT2D eigenvalue weighted by atomic mass is 9.78. The molecular weight excluding hydrogens is 640 g/mol. The van der Waals surface area contributed by atoms with Crippen molar-refractivity contribution in [3.05, 3.63) is 118 Å². The van der Waals surface area contributed by atoms with Crippen LogP contribution in [0.5, 0.6) is 5.75 Å². The number of cyclic esters (lactones) is 1. The minimum absolute atomic E-state index is 0.172. The topological polar surface area (TPSA) is 103 Å². The Bertz CT molecular complexity index is 2080. The number of imide groups is 1. The van der Waals surface area contributed by atoms with Crippen molar-refractivity contribution in [2.24, 2.45) is 5.92 Å². The standard InChI is InChI=1S/C41H46N6O4/c1-7-46-35-16-15-34(27(3)38(35)43-44-46)37(28(4)39(48)47-33(24-50-40(47)49)19-29-11-9-8-10-12-29)30-14-13-26(2)31(20-30)22-45-23-32-21-42-18-17-36(32)51-41(5,6)25-45/h8-18,20-21,28,33,37H,7,19,22-25H2,1-6H3/t28?,33-,37?/m1/s1. The fourth-order valence-electron chi connectivity index (χ4n) is 7.83. The predicted molar refractivity (Wildman–Crippen MR) is 195 cm³/mol. The third-order valence-electron chi connectivity index (χ3n) is 10.4. The first-order valence-corrected chi connectivity index (χ1v) is 17.8. The van der Waals surface area contributed by atoms with Gasteiger partial charge >= 0.3 is 6.09 Å². The van der Waals surface area contributed by atoms with Crippen LogP contribution in [0.4, 0.5) is 4.79 Å². The molecule has 0 bridgehead atoms. The zero-order valence-electron chi connectivity index (χ0n) is 30.3. The Labute approximate surface area is 299 Å². The monoisotopic (exact) mass is 686 g/mol. The first-order valence-electron chi connectivity index (χ1n) is 17.8. The van der Waals surface area contributed by atoms with Crippen LogP contribution in [-0.2, 0) is 35.6 Å². The second-order valence-corrected chi connectivity index (χ2v) is 14.6. The van der Waals surface area contributed by atoms with Crippen molar-refractivity contribution in [1.82, 2.24) is 29.8 Å². The number of ether oxygens (including phenoxy) is 2. The van der Waals surface area contributed by atoms with Crippen LogP contribution in [0.2, 0.25) is 0 Å². The summed E-state index contributed by atoms with van der Waals surface area (Å²) >= 11 is 0. The second kappa shape index (κ2) is 13.9. The van der Waals surface area contributed by atoms with Crippen molar-refractivity contribution < 1.29 is 19.1 Å². The van der Waals surface area contributed by atoms with E-state index in [1.165, 1.54) is 10.5 Å². The van der Waals surface area contributed by atoms with E-state index in [4.69, 9.17) is 9.47 Å². The van der Waals surface area contributed by atoms with Gasteiger partial charge in [0.1, 0.15) is 23.5 Å². The molecule has 3 atom stereocenters. The van der Waals surface area contributed by atoms with E-state index in [2.05, 4.69) is 72.2 Å². The molecule has 0 aliphatic carbocycles. The number of rotatable bonds is 9. The Morgan fingerprint density at radius 1 is 1.06 bits per heavy atom. The predicted octanol–water partition coefficient (Wildman–Crippen LogP) is 6.99. The lowest BCUT2D eigenvalue weighted by molar-refractivity contribution is -0.133. The molecule has 2 unspecified atom stereocenters. The molecular formula is C41H46N6O4. The molecule has 51 heavy (non-hydrogen) atoms. The van der Waals surface area contributed by atoms with Crippen molar-refractivity contribution in [1.29, 1.82) is 0 Å². The fraction of sp³-hybridized carbons (Fsp3) is 0.390. The molecule has 4 heterocycles. The SMILES string of the molecule is CCn1nnc2c(C)c(C(c3ccc(C)c(CN4Cc5cnccc5OC(C)(C)C4)c3)C(C)C(=O)N3C(=O)OC[C@H]3Cc3ccccc3)ccc21. The van der Waals surface area contributed by atoms with Gasteiger partial charge < -0.3 is 9.47 Å². The minimum Gasteiger partial charge on any atom is -0.486 e. The summed E-state index contributed by atoms with van der Waals surface area (Å²) in [6.45, 7) is 15.4. The molecule has 2 aliphatic heterocycles. The Kier molecular flexibility index (Phi) is 9.37. The van der Waals surface area contributed by atoms with Crippen molar-refractivity contribution in [3.8, 4) is 5.75 Å². The summed E-state index contributed by atoms with van der Waals surface area (Å²) < 4.78 is 13.8. The molecule has 2 aliphatic rings. The molecule has 1 saturated heterocycles. The van der Waals surface area contributed by atoms with E-state index in [0.717, 1.165) is 56.7 Å². The molecule has 0 saturated carbocycles. The zero-order valence-corrected chi connectivity index (χ0v) is 30.3. The molecule has 2 amide bonds. The number of fused-ring (bicyclic) bond motifs is 2. The first-order chi connectivity index (χ1) is 24.5. The Morgan fingerprint density at radius 2 is 1.86 bits per heavy atom. The maximum absolute atomic E-state index is 14.6. The van der Waals surface area contributed by atoms with Gasteiger partial charge in [-0.05, 0) is 86.6 Å². The highest BCUT2D eigenvalue weighted by atomic mass is 16.6. The van der Waals surface area contributed by atoms with E-state index in [1.807, 2.05) is 67.2 Å². The van der Waals surface area contributed by atoms with E-state index in [1.54, 1.807) is 6.20 Å². The molecule has 10 nitrogen and oxygen atoms in total. The molecule has 1 fully saturated rings. The summed E-state index contributed by atoms with van der Waals surface area (Å²) in [4.78, 5) is 36.0. The summed E-state index contributed by atoms with van der Waals surface area (Å²) in [6, 6.07) is 22.1. The van der Waals surface area contributed by atoms with Gasteiger partial charge in [0.15, 0.2) is 0 Å². The zero-order chi connectivity index (χ0) is 35.9. The molecule has 2 aromatic heterocycles. The van der Waals surface area contributed by atoms with Gasteiger partial charge in [-0.2, -0.15) is 0 Å². The number of amides is 2. The quantitative estimate of drug-likeness (QED) is 0.164. The number of aromatic nitrogens is 4. The van der Waals surface area contributed by atoms with E-state index in [0.29, 0.717) is 26.1 Å². The van der Waals surface area contributed by atoms with Crippen molar-refractivity contribution in [2.45, 2.75) is 85.2 Å². The lowest BCUT2D eigenvalue weighted by Gasteiger charge is -2.31. The number of nitrogens with zero attached hydrogens (tertiary/aromatic N) is 6. The number of aryl methyl sites for hydroxylation is 3. The molecule has 10 heteroatoms. The smallest absolute Gasteiger partial charge is 0.416 e. The number of pyridine rings is 1. The van der Waals surface area contributed by atoms with Crippen LogP contribution in [0.3, 0.4) is 0 Å². The van der Waals surface area contributed by atoms with Crippen molar-refractivity contribution in [2.75, 3.05) is 13.2 Å². The lowest BCUT2D eigenvalue weighted by Crippen LogP contribution is -2.44. The van der Waals surface area contributed by atoms with Crippen molar-refractivity contribution >= 4 is 23.0 Å². The third-order valence-corrected chi connectivity index (χ3v) is 10.4. The van der Waals surface area contributed by atoms with E-state index in [-0.39, 0.29) is 24.5 Å². The van der Waals surface area contributed by atoms with Gasteiger partial charge in [0.05, 0.1) is 11.6 Å². The molecule has 7 rings (SSSR count). The van der Waals surface area contributed by atoms with Crippen LogP contribution in [0.25, 0.3) is 11.0 Å². The van der Waals surface area contributed by atoms with Gasteiger partial charge in [0.2, 0.25) is 5.91 Å². The highest BCUT2D eigenvalue weighted by Gasteiger charge is 2.42. The Morgan fingerprint density at radius 3 is 2.65 bits per heavy atom. The maximum Gasteiger partial charge on any atom is 0.416 e. The van der Waals surface area contributed by atoms with Crippen LogP contribution in [0.1, 0.15) is 72.6 Å². The highest BCUT2D eigenvalue weighted by Crippen LogP contribution is 2.39. The summed E-state index contributed by atoms with van der Waals surface area (Å²) in [5, 5.41) is 8.93. The molecule has 0 radical (unpaired) electrons. The molecule has 264 valence electrons. The molecule has 0 spiro atoms. The average Bonchev–Trinajstić information content (AvgIpc) is 3.67. The van der Waals surface area contributed by atoms with E-state index < -0.39 is 17.6 Å². The van der Waals surface area contributed by atoms with Crippen LogP contribution < -0.4 is 4.74 Å². The van der Waals surface area contributed by atoms with Gasteiger partial charge in [-0.25, -0.2) is 14.4 Å². The summed E-state index contributed by atoms with van der Waals surface area (Å²) in [7, 11) is 0. The number of carbonyl (C=O) groups is 2. The summed E-state index contributed by atoms with van der Waals surface area (Å²) in [5.74, 6) is -0.344. The largest absolute Gasteiger partial charge is 0.486 e. The summed E-state index contributed by atoms with van der Waals surface area (Å²) in [6.07, 6.45) is 3.60. The van der Waals surface area contributed by atoms with Gasteiger partial charge in [0, 0.05) is 56.0 Å². The molecule has 0 N–H and O–H groups in total. The molecule has 5 aromatic rings. The van der Waals surface area contributed by atoms with Gasteiger partial charge in [-0.3, -0.25) is 14.7 Å². The van der Waals surface area contributed by atoms with E-state index in [9.17, 15) is 9.59 Å². The molecule has 3 aromatic carbocycles. The highest BCUT2D eigenvalue weighted by molar-refractivity contribution is 5.95. The van der Waals surface area contributed by atoms with Crippen LogP contribution in [0.15, 0.2) is 79.1 Å². The number of hydrogen-bond acceptors (Lipinski definition) is 8. The van der Waals surface area contributed by atoms with Crippen LogP contribution in [-0.4, -0.2) is 66.6 Å². The van der Waals surface area contributed by atoms with Gasteiger partial charge in [0.25, 0.3) is 0 Å². The Hall–Kier alpha value is -5.09. The van der Waals surface area contributed by atoms with Gasteiger partial charge in [-0.15, -0.1) is 5.10 Å². The van der Waals surface area contributed by atoms with Crippen molar-refractivity contribution in [3.63, 3.8) is 0 Å². The second-order valence-electron chi connectivity index (χ2n) is 14.6. The third kappa shape index (κ3) is 6.85. The van der Waals surface area contributed by atoms with Gasteiger partial charge in [-0.1, -0.05) is 66.7 Å². The normalized spacial score (nSPS) is 18.5. The minimum atomic E-state index is -0.592. The van der Waals surface area contributed by atoms with Crippen LogP contribution >= 0.6 is 0 Å². The maximum atomic E-state index is 14.6. The fourth-order valence-corrected chi connectivity index (χ4v) is 7.83. The number of hydrogen-bond donors (Lipinski definition) is 0.